The van der Waals surface area contributed by atoms with E-state index in [0.29, 0.717) is 17.5 Å². The lowest BCUT2D eigenvalue weighted by molar-refractivity contribution is 0.319. The smallest absolute Gasteiger partial charge is 0.318 e. The van der Waals surface area contributed by atoms with Gasteiger partial charge in [-0.05, 0) is 43.2 Å². The number of aromatic nitrogens is 2. The summed E-state index contributed by atoms with van der Waals surface area (Å²) in [5.74, 6) is 1.54. The van der Waals surface area contributed by atoms with Crippen molar-refractivity contribution in [3.8, 4) is 22.3 Å². The molecule has 3 rings (SSSR count). The normalized spacial score (nSPS) is 11.3. The SMILES string of the molecule is COc1ccc(CCNc2cc(-c3ccc(/C(C)=N\O)s3)nc(OC)n2)cc1. The van der Waals surface area contributed by atoms with Crippen molar-refractivity contribution in [2.45, 2.75) is 13.3 Å². The molecule has 146 valence electrons. The van der Waals surface area contributed by atoms with Crippen molar-refractivity contribution < 1.29 is 14.7 Å². The Bertz CT molecular complexity index is 954. The zero-order valence-corrected chi connectivity index (χ0v) is 16.8. The molecular weight excluding hydrogens is 376 g/mol. The Morgan fingerprint density at radius 3 is 2.57 bits per heavy atom. The third kappa shape index (κ3) is 4.77. The molecule has 2 aromatic heterocycles. The number of ether oxygens (including phenoxy) is 2. The lowest BCUT2D eigenvalue weighted by Crippen LogP contribution is -2.07. The molecule has 2 N–H and O–H groups in total. The van der Waals surface area contributed by atoms with Crippen LogP contribution < -0.4 is 14.8 Å². The van der Waals surface area contributed by atoms with Crippen molar-refractivity contribution in [3.05, 3.63) is 52.9 Å². The highest BCUT2D eigenvalue weighted by Gasteiger charge is 2.11. The summed E-state index contributed by atoms with van der Waals surface area (Å²) in [5, 5.41) is 15.5. The highest BCUT2D eigenvalue weighted by molar-refractivity contribution is 7.17. The van der Waals surface area contributed by atoms with Crippen LogP contribution in [0.4, 0.5) is 5.82 Å². The lowest BCUT2D eigenvalue weighted by atomic mass is 10.1. The van der Waals surface area contributed by atoms with E-state index in [-0.39, 0.29) is 0 Å². The number of oxime groups is 1. The quantitative estimate of drug-likeness (QED) is 0.338. The molecule has 0 saturated heterocycles. The van der Waals surface area contributed by atoms with E-state index in [0.717, 1.165) is 34.2 Å². The molecule has 0 unspecified atom stereocenters. The number of nitrogens with one attached hydrogen (secondary N) is 1. The van der Waals surface area contributed by atoms with Gasteiger partial charge in [-0.3, -0.25) is 0 Å². The molecule has 0 aliphatic heterocycles. The number of rotatable bonds is 8. The Morgan fingerprint density at radius 1 is 1.11 bits per heavy atom. The van der Waals surface area contributed by atoms with E-state index in [1.54, 1.807) is 21.1 Å². The van der Waals surface area contributed by atoms with E-state index >= 15 is 0 Å². The Kier molecular flexibility index (Phi) is 6.44. The molecule has 0 spiro atoms. The van der Waals surface area contributed by atoms with Crippen molar-refractivity contribution in [2.24, 2.45) is 5.16 Å². The van der Waals surface area contributed by atoms with Gasteiger partial charge in [0.2, 0.25) is 0 Å². The number of hydrogen-bond acceptors (Lipinski definition) is 8. The van der Waals surface area contributed by atoms with Gasteiger partial charge in [-0.2, -0.15) is 9.97 Å². The van der Waals surface area contributed by atoms with Crippen LogP contribution in [0.1, 0.15) is 17.4 Å². The summed E-state index contributed by atoms with van der Waals surface area (Å²) >= 11 is 1.49. The van der Waals surface area contributed by atoms with Crippen LogP contribution in [0.5, 0.6) is 11.8 Å². The van der Waals surface area contributed by atoms with Crippen LogP contribution in [0.25, 0.3) is 10.6 Å². The van der Waals surface area contributed by atoms with Gasteiger partial charge in [0.05, 0.1) is 35.4 Å². The standard InChI is InChI=1S/C20H22N4O3S/c1-13(24-25)17-8-9-18(28-17)16-12-19(23-20(22-16)27-3)21-11-10-14-4-6-15(26-2)7-5-14/h4-9,12,25H,10-11H2,1-3H3,(H,21,22,23)/b24-13-. The maximum atomic E-state index is 8.95. The van der Waals surface area contributed by atoms with Crippen LogP contribution in [0.3, 0.4) is 0 Å². The topological polar surface area (TPSA) is 88.9 Å². The highest BCUT2D eigenvalue weighted by Crippen LogP contribution is 2.29. The van der Waals surface area contributed by atoms with E-state index < -0.39 is 0 Å². The first-order chi connectivity index (χ1) is 13.6. The van der Waals surface area contributed by atoms with Crippen molar-refractivity contribution in [1.29, 1.82) is 0 Å². The van der Waals surface area contributed by atoms with Gasteiger partial charge in [-0.1, -0.05) is 17.3 Å². The average Bonchev–Trinajstić information content (AvgIpc) is 3.24. The predicted octanol–water partition coefficient (Wildman–Crippen LogP) is 4.08. The Balaban J connectivity index is 1.72. The summed E-state index contributed by atoms with van der Waals surface area (Å²) in [6.07, 6.45) is 0.848. The minimum Gasteiger partial charge on any atom is -0.497 e. The molecule has 8 heteroatoms. The fourth-order valence-electron chi connectivity index (χ4n) is 2.58. The molecule has 0 atom stereocenters. The fraction of sp³-hybridized carbons (Fsp3) is 0.250. The van der Waals surface area contributed by atoms with E-state index in [1.807, 2.05) is 42.5 Å². The number of anilines is 1. The second-order valence-corrected chi connectivity index (χ2v) is 7.08. The van der Waals surface area contributed by atoms with Gasteiger partial charge in [-0.15, -0.1) is 11.3 Å². The van der Waals surface area contributed by atoms with Crippen LogP contribution >= 0.6 is 11.3 Å². The number of hydrogen-bond donors (Lipinski definition) is 2. The fourth-order valence-corrected chi connectivity index (χ4v) is 3.49. The average molecular weight is 398 g/mol. The van der Waals surface area contributed by atoms with Gasteiger partial charge in [0.1, 0.15) is 11.6 Å². The van der Waals surface area contributed by atoms with Crippen molar-refractivity contribution in [3.63, 3.8) is 0 Å². The highest BCUT2D eigenvalue weighted by atomic mass is 32.1. The Morgan fingerprint density at radius 2 is 1.89 bits per heavy atom. The summed E-state index contributed by atoms with van der Waals surface area (Å²) in [4.78, 5) is 10.6. The second kappa shape index (κ2) is 9.18. The molecular formula is C20H22N4O3S. The summed E-state index contributed by atoms with van der Waals surface area (Å²) in [6, 6.07) is 14.0. The maximum absolute atomic E-state index is 8.95. The van der Waals surface area contributed by atoms with Crippen LogP contribution in [-0.4, -0.2) is 41.7 Å². The summed E-state index contributed by atoms with van der Waals surface area (Å²) in [5.41, 5.74) is 2.52. The zero-order chi connectivity index (χ0) is 19.9. The van der Waals surface area contributed by atoms with Gasteiger partial charge in [-0.25, -0.2) is 0 Å². The minimum absolute atomic E-state index is 0.298. The molecule has 0 radical (unpaired) electrons. The molecule has 3 aromatic rings. The molecule has 7 nitrogen and oxygen atoms in total. The van der Waals surface area contributed by atoms with Gasteiger partial charge in [0.15, 0.2) is 0 Å². The van der Waals surface area contributed by atoms with Gasteiger partial charge in [0, 0.05) is 12.6 Å². The monoisotopic (exact) mass is 398 g/mol. The summed E-state index contributed by atoms with van der Waals surface area (Å²) in [7, 11) is 3.20. The molecule has 2 heterocycles. The van der Waals surface area contributed by atoms with Crippen LogP contribution in [0.15, 0.2) is 47.6 Å². The molecule has 0 aliphatic carbocycles. The third-order valence-electron chi connectivity index (χ3n) is 4.13. The number of benzene rings is 1. The Hall–Kier alpha value is -3.13. The zero-order valence-electron chi connectivity index (χ0n) is 16.0. The number of methoxy groups -OCH3 is 2. The van der Waals surface area contributed by atoms with Gasteiger partial charge >= 0.3 is 6.01 Å². The molecule has 0 saturated carbocycles. The van der Waals surface area contributed by atoms with Gasteiger partial charge < -0.3 is 20.0 Å². The van der Waals surface area contributed by atoms with Crippen molar-refractivity contribution in [2.75, 3.05) is 26.1 Å². The third-order valence-corrected chi connectivity index (χ3v) is 5.35. The number of thiophene rings is 1. The van der Waals surface area contributed by atoms with E-state index in [4.69, 9.17) is 14.7 Å². The number of nitrogens with zero attached hydrogens (tertiary/aromatic N) is 3. The largest absolute Gasteiger partial charge is 0.497 e. The molecule has 1 aromatic carbocycles. The first kappa shape index (κ1) is 19.6. The molecule has 0 amide bonds. The van der Waals surface area contributed by atoms with Gasteiger partial charge in [0.25, 0.3) is 0 Å². The molecule has 0 fully saturated rings. The van der Waals surface area contributed by atoms with Crippen LogP contribution in [-0.2, 0) is 6.42 Å². The summed E-state index contributed by atoms with van der Waals surface area (Å²) in [6.45, 7) is 2.47. The van der Waals surface area contributed by atoms with Crippen molar-refractivity contribution >= 4 is 22.9 Å². The maximum Gasteiger partial charge on any atom is 0.318 e. The molecule has 0 aliphatic rings. The minimum atomic E-state index is 0.298. The van der Waals surface area contributed by atoms with Crippen LogP contribution in [0, 0.1) is 0 Å². The predicted molar refractivity (Wildman–Crippen MR) is 111 cm³/mol. The molecule has 28 heavy (non-hydrogen) atoms. The van der Waals surface area contributed by atoms with Crippen LogP contribution in [0.2, 0.25) is 0 Å². The first-order valence-electron chi connectivity index (χ1n) is 8.72. The van der Waals surface area contributed by atoms with E-state index in [9.17, 15) is 0 Å². The lowest BCUT2D eigenvalue weighted by Gasteiger charge is -2.09. The second-order valence-electron chi connectivity index (χ2n) is 6.00. The van der Waals surface area contributed by atoms with E-state index in [2.05, 4.69) is 20.4 Å². The van der Waals surface area contributed by atoms with Crippen molar-refractivity contribution in [1.82, 2.24) is 9.97 Å². The first-order valence-corrected chi connectivity index (χ1v) is 9.53. The summed E-state index contributed by atoms with van der Waals surface area (Å²) < 4.78 is 10.4. The van der Waals surface area contributed by atoms with E-state index in [1.165, 1.54) is 16.9 Å². The molecule has 0 bridgehead atoms. The Labute approximate surface area is 167 Å².